The summed E-state index contributed by atoms with van der Waals surface area (Å²) in [6, 6.07) is 19.0. The fourth-order valence-electron chi connectivity index (χ4n) is 2.42. The lowest BCUT2D eigenvalue weighted by atomic mass is 10.2. The normalized spacial score (nSPS) is 10.7. The minimum absolute atomic E-state index is 0.0123. The van der Waals surface area contributed by atoms with Gasteiger partial charge in [0.05, 0.1) is 15.6 Å². The molecule has 0 aliphatic carbocycles. The van der Waals surface area contributed by atoms with Crippen LogP contribution in [0.5, 0.6) is 0 Å². The van der Waals surface area contributed by atoms with Gasteiger partial charge in [0.1, 0.15) is 0 Å². The Kier molecular flexibility index (Phi) is 5.69. The predicted molar refractivity (Wildman–Crippen MR) is 111 cm³/mol. The largest absolute Gasteiger partial charge is 0.322 e. The van der Waals surface area contributed by atoms with Gasteiger partial charge in [-0.15, -0.1) is 6.42 Å². The quantitative estimate of drug-likeness (QED) is 0.613. The van der Waals surface area contributed by atoms with E-state index >= 15 is 0 Å². The van der Waals surface area contributed by atoms with Gasteiger partial charge in [-0.2, -0.15) is 0 Å². The average Bonchev–Trinajstić information content (AvgIpc) is 2.70. The molecule has 3 aromatic carbocycles. The molecule has 0 heterocycles. The molecular weight excluding hydrogens is 396 g/mol. The lowest BCUT2D eigenvalue weighted by Gasteiger charge is -2.10. The van der Waals surface area contributed by atoms with Gasteiger partial charge in [0.15, 0.2) is 0 Å². The Morgan fingerprint density at radius 2 is 1.68 bits per heavy atom. The van der Waals surface area contributed by atoms with Crippen molar-refractivity contribution < 1.29 is 13.2 Å². The topological polar surface area (TPSA) is 75.3 Å². The Morgan fingerprint density at radius 3 is 2.36 bits per heavy atom. The third kappa shape index (κ3) is 4.52. The standard InChI is InChI=1S/C21H15ClN2O3S/c1-2-15-6-5-7-17(14-15)23-21(25)16-10-12-18(13-11-16)28(26,27)24-20-9-4-3-8-19(20)22/h1,3-14,24H,(H,23,25). The van der Waals surface area contributed by atoms with Crippen LogP contribution >= 0.6 is 11.6 Å². The number of para-hydroxylation sites is 1. The molecule has 0 atom stereocenters. The summed E-state index contributed by atoms with van der Waals surface area (Å²) < 4.78 is 27.4. The van der Waals surface area contributed by atoms with Crippen molar-refractivity contribution in [2.24, 2.45) is 0 Å². The summed E-state index contributed by atoms with van der Waals surface area (Å²) in [5.74, 6) is 2.12. The number of terminal acetylenes is 1. The second-order valence-corrected chi connectivity index (χ2v) is 7.88. The molecule has 0 aliphatic rings. The lowest BCUT2D eigenvalue weighted by Crippen LogP contribution is -2.15. The predicted octanol–water partition coefficient (Wildman–Crippen LogP) is 4.37. The zero-order valence-corrected chi connectivity index (χ0v) is 16.1. The molecule has 0 radical (unpaired) electrons. The van der Waals surface area contributed by atoms with Crippen LogP contribution in [0.25, 0.3) is 0 Å². The SMILES string of the molecule is C#Cc1cccc(NC(=O)c2ccc(S(=O)(=O)Nc3ccccc3Cl)cc2)c1. The second-order valence-electron chi connectivity index (χ2n) is 5.79. The van der Waals surface area contributed by atoms with Gasteiger partial charge in [0, 0.05) is 16.8 Å². The molecule has 140 valence electrons. The lowest BCUT2D eigenvalue weighted by molar-refractivity contribution is 0.102. The van der Waals surface area contributed by atoms with E-state index in [1.54, 1.807) is 48.5 Å². The first kappa shape index (κ1) is 19.5. The first-order chi connectivity index (χ1) is 13.4. The molecule has 0 saturated carbocycles. The fourth-order valence-corrected chi connectivity index (χ4v) is 3.74. The van der Waals surface area contributed by atoms with Crippen molar-refractivity contribution in [1.29, 1.82) is 0 Å². The van der Waals surface area contributed by atoms with Crippen molar-refractivity contribution in [3.05, 3.63) is 88.9 Å². The first-order valence-electron chi connectivity index (χ1n) is 8.14. The van der Waals surface area contributed by atoms with Gasteiger partial charge in [-0.1, -0.05) is 35.7 Å². The van der Waals surface area contributed by atoms with Gasteiger partial charge in [-0.25, -0.2) is 8.42 Å². The minimum atomic E-state index is -3.83. The molecule has 5 nitrogen and oxygen atoms in total. The smallest absolute Gasteiger partial charge is 0.261 e. The summed E-state index contributed by atoms with van der Waals surface area (Å²) in [6.07, 6.45) is 5.35. The Balaban J connectivity index is 1.76. The molecule has 0 aromatic heterocycles. The van der Waals surface area contributed by atoms with E-state index in [4.69, 9.17) is 18.0 Å². The van der Waals surface area contributed by atoms with Crippen molar-refractivity contribution in [3.63, 3.8) is 0 Å². The molecule has 0 saturated heterocycles. The van der Waals surface area contributed by atoms with Crippen molar-refractivity contribution in [3.8, 4) is 12.3 Å². The number of anilines is 2. The Morgan fingerprint density at radius 1 is 0.964 bits per heavy atom. The number of benzene rings is 3. The molecule has 0 aliphatic heterocycles. The molecule has 3 rings (SSSR count). The monoisotopic (exact) mass is 410 g/mol. The van der Waals surface area contributed by atoms with Crippen LogP contribution < -0.4 is 10.0 Å². The van der Waals surface area contributed by atoms with Gasteiger partial charge >= 0.3 is 0 Å². The molecule has 7 heteroatoms. The number of hydrogen-bond acceptors (Lipinski definition) is 3. The number of hydrogen-bond donors (Lipinski definition) is 2. The maximum atomic E-state index is 12.5. The molecule has 3 aromatic rings. The van der Waals surface area contributed by atoms with Crippen LogP contribution in [0.15, 0.2) is 77.7 Å². The maximum absolute atomic E-state index is 12.5. The maximum Gasteiger partial charge on any atom is 0.261 e. The van der Waals surface area contributed by atoms with Crippen LogP contribution in [0.4, 0.5) is 11.4 Å². The van der Waals surface area contributed by atoms with Crippen LogP contribution in [0.1, 0.15) is 15.9 Å². The highest BCUT2D eigenvalue weighted by molar-refractivity contribution is 7.92. The summed E-state index contributed by atoms with van der Waals surface area (Å²) >= 11 is 5.99. The van der Waals surface area contributed by atoms with E-state index in [0.29, 0.717) is 16.8 Å². The van der Waals surface area contributed by atoms with E-state index in [9.17, 15) is 13.2 Å². The number of carbonyl (C=O) groups excluding carboxylic acids is 1. The van der Waals surface area contributed by atoms with E-state index in [1.165, 1.54) is 24.3 Å². The van der Waals surface area contributed by atoms with E-state index in [2.05, 4.69) is 16.0 Å². The fraction of sp³-hybridized carbons (Fsp3) is 0. The summed E-state index contributed by atoms with van der Waals surface area (Å²) in [5, 5.41) is 3.01. The molecule has 0 bridgehead atoms. The van der Waals surface area contributed by atoms with Crippen LogP contribution in [0.3, 0.4) is 0 Å². The third-order valence-corrected chi connectivity index (χ3v) is 5.54. The number of nitrogens with one attached hydrogen (secondary N) is 2. The number of rotatable bonds is 5. The second kappa shape index (κ2) is 8.17. The molecule has 0 spiro atoms. The van der Waals surface area contributed by atoms with Crippen molar-refractivity contribution >= 4 is 38.9 Å². The van der Waals surface area contributed by atoms with Gasteiger partial charge in [0.25, 0.3) is 15.9 Å². The van der Waals surface area contributed by atoms with E-state index in [-0.39, 0.29) is 21.5 Å². The number of amides is 1. The van der Waals surface area contributed by atoms with Gasteiger partial charge in [0.2, 0.25) is 0 Å². The van der Waals surface area contributed by atoms with Crippen molar-refractivity contribution in [2.75, 3.05) is 10.0 Å². The van der Waals surface area contributed by atoms with Crippen LogP contribution in [0, 0.1) is 12.3 Å². The van der Waals surface area contributed by atoms with Gasteiger partial charge in [-0.05, 0) is 54.6 Å². The molecular formula is C21H15ClN2O3S. The van der Waals surface area contributed by atoms with E-state index in [0.717, 1.165) is 0 Å². The van der Waals surface area contributed by atoms with Gasteiger partial charge in [-0.3, -0.25) is 9.52 Å². The third-order valence-electron chi connectivity index (χ3n) is 3.83. The molecule has 1 amide bonds. The van der Waals surface area contributed by atoms with Crippen molar-refractivity contribution in [2.45, 2.75) is 4.90 Å². The minimum Gasteiger partial charge on any atom is -0.322 e. The number of halogens is 1. The highest BCUT2D eigenvalue weighted by atomic mass is 35.5. The Labute approximate surface area is 168 Å². The number of sulfonamides is 1. The van der Waals surface area contributed by atoms with E-state index in [1.807, 2.05) is 0 Å². The zero-order valence-electron chi connectivity index (χ0n) is 14.5. The molecule has 2 N–H and O–H groups in total. The first-order valence-corrected chi connectivity index (χ1v) is 10.0. The van der Waals surface area contributed by atoms with Crippen LogP contribution in [-0.4, -0.2) is 14.3 Å². The van der Waals surface area contributed by atoms with Crippen LogP contribution in [-0.2, 0) is 10.0 Å². The Bertz CT molecular complexity index is 1170. The molecule has 0 unspecified atom stereocenters. The van der Waals surface area contributed by atoms with Crippen molar-refractivity contribution in [1.82, 2.24) is 0 Å². The highest BCUT2D eigenvalue weighted by Gasteiger charge is 2.16. The van der Waals surface area contributed by atoms with Gasteiger partial charge < -0.3 is 5.32 Å². The zero-order chi connectivity index (χ0) is 20.1. The highest BCUT2D eigenvalue weighted by Crippen LogP contribution is 2.24. The average molecular weight is 411 g/mol. The molecule has 0 fully saturated rings. The summed E-state index contributed by atoms with van der Waals surface area (Å²) in [7, 11) is -3.83. The summed E-state index contributed by atoms with van der Waals surface area (Å²) in [6.45, 7) is 0. The molecule has 28 heavy (non-hydrogen) atoms. The van der Waals surface area contributed by atoms with E-state index < -0.39 is 10.0 Å². The summed E-state index contributed by atoms with van der Waals surface area (Å²) in [4.78, 5) is 12.4. The number of carbonyl (C=O) groups is 1. The Hall–Kier alpha value is -3.27. The van der Waals surface area contributed by atoms with Crippen LogP contribution in [0.2, 0.25) is 5.02 Å². The summed E-state index contributed by atoms with van der Waals surface area (Å²) in [5.41, 5.74) is 1.78.